The van der Waals surface area contributed by atoms with Gasteiger partial charge in [0.1, 0.15) is 12.6 Å². The molecule has 0 aliphatic rings. The summed E-state index contributed by atoms with van der Waals surface area (Å²) >= 11 is 0. The van der Waals surface area contributed by atoms with Crippen LogP contribution < -0.4 is 11.5 Å². The Morgan fingerprint density at radius 1 is 1.25 bits per heavy atom. The number of carboxylic acid groups (broad SMARTS) is 1. The van der Waals surface area contributed by atoms with Crippen LogP contribution in [0, 0.1) is 0 Å². The number of rotatable bonds is 8. The topological polar surface area (TPSA) is 116 Å². The van der Waals surface area contributed by atoms with Crippen molar-refractivity contribution in [3.05, 3.63) is 29.8 Å². The van der Waals surface area contributed by atoms with E-state index in [4.69, 9.17) is 21.3 Å². The molecule has 0 heterocycles. The Morgan fingerprint density at radius 3 is 2.60 bits per heavy atom. The Kier molecular flexibility index (Phi) is 6.52. The molecule has 0 aromatic heterocycles. The molecule has 0 spiro atoms. The van der Waals surface area contributed by atoms with Gasteiger partial charge in [-0.3, -0.25) is 9.59 Å². The van der Waals surface area contributed by atoms with Gasteiger partial charge in [-0.25, -0.2) is 0 Å². The van der Waals surface area contributed by atoms with Gasteiger partial charge in [0.25, 0.3) is 0 Å². The van der Waals surface area contributed by atoms with Gasteiger partial charge in [0.15, 0.2) is 0 Å². The van der Waals surface area contributed by atoms with E-state index in [2.05, 4.69) is 0 Å². The van der Waals surface area contributed by atoms with Gasteiger partial charge in [-0.1, -0.05) is 24.6 Å². The van der Waals surface area contributed by atoms with E-state index in [0.29, 0.717) is 24.9 Å². The minimum Gasteiger partial charge on any atom is -0.480 e. The zero-order chi connectivity index (χ0) is 15.0. The van der Waals surface area contributed by atoms with Crippen LogP contribution in [0.15, 0.2) is 24.3 Å². The highest BCUT2D eigenvalue weighted by Crippen LogP contribution is 2.12. The predicted molar refractivity (Wildman–Crippen MR) is 74.7 cm³/mol. The van der Waals surface area contributed by atoms with Crippen LogP contribution in [-0.4, -0.2) is 23.1 Å². The molecule has 110 valence electrons. The third kappa shape index (κ3) is 5.71. The number of anilines is 1. The van der Waals surface area contributed by atoms with Gasteiger partial charge in [0.2, 0.25) is 0 Å². The number of carbonyl (C=O) groups excluding carboxylic acids is 1. The van der Waals surface area contributed by atoms with Crippen LogP contribution in [0.2, 0.25) is 0 Å². The number of nitrogens with two attached hydrogens (primary N) is 2. The zero-order valence-corrected chi connectivity index (χ0v) is 11.2. The summed E-state index contributed by atoms with van der Waals surface area (Å²) < 4.78 is 5.10. The number of hydrogen-bond donors (Lipinski definition) is 3. The molecular weight excluding hydrogens is 260 g/mol. The van der Waals surface area contributed by atoms with Gasteiger partial charge < -0.3 is 21.3 Å². The predicted octanol–water partition coefficient (Wildman–Crippen LogP) is 1.28. The van der Waals surface area contributed by atoms with Crippen LogP contribution in [0.4, 0.5) is 5.69 Å². The van der Waals surface area contributed by atoms with Gasteiger partial charge in [-0.2, -0.15) is 0 Å². The Labute approximate surface area is 117 Å². The Hall–Kier alpha value is -2.08. The molecule has 6 heteroatoms. The first-order valence-corrected chi connectivity index (χ1v) is 6.48. The highest BCUT2D eigenvalue weighted by Gasteiger charge is 2.11. The average molecular weight is 280 g/mol. The fourth-order valence-corrected chi connectivity index (χ4v) is 1.65. The molecule has 0 unspecified atom stereocenters. The smallest absolute Gasteiger partial charge is 0.320 e. The minimum atomic E-state index is -1.02. The molecule has 1 rings (SSSR count). The van der Waals surface area contributed by atoms with Gasteiger partial charge >= 0.3 is 11.9 Å². The number of carboxylic acids is 1. The summed E-state index contributed by atoms with van der Waals surface area (Å²) in [6.45, 7) is 0.153. The van der Waals surface area contributed by atoms with Crippen molar-refractivity contribution in [1.82, 2.24) is 0 Å². The molecule has 0 radical (unpaired) electrons. The van der Waals surface area contributed by atoms with E-state index in [1.165, 1.54) is 0 Å². The number of ether oxygens (including phenoxy) is 1. The lowest BCUT2D eigenvalue weighted by Crippen LogP contribution is -2.29. The van der Waals surface area contributed by atoms with E-state index in [9.17, 15) is 9.59 Å². The molecule has 1 atom stereocenters. The molecule has 1 aromatic carbocycles. The molecule has 5 N–H and O–H groups in total. The number of carbonyl (C=O) groups is 2. The van der Waals surface area contributed by atoms with Crippen LogP contribution >= 0.6 is 0 Å². The van der Waals surface area contributed by atoms with Gasteiger partial charge in [-0.15, -0.1) is 0 Å². The summed E-state index contributed by atoms with van der Waals surface area (Å²) in [6.07, 6.45) is 1.74. The number of nitrogen functional groups attached to an aromatic ring is 1. The molecule has 0 aliphatic heterocycles. The molecule has 0 amide bonds. The van der Waals surface area contributed by atoms with Gasteiger partial charge in [0.05, 0.1) is 0 Å². The SMILES string of the molecule is Nc1ccccc1COC(=O)CCCC[C@H](N)C(=O)O. The van der Waals surface area contributed by atoms with Crippen molar-refractivity contribution in [1.29, 1.82) is 0 Å². The largest absolute Gasteiger partial charge is 0.480 e. The molecule has 6 nitrogen and oxygen atoms in total. The lowest BCUT2D eigenvalue weighted by Gasteiger charge is -2.08. The zero-order valence-electron chi connectivity index (χ0n) is 11.2. The Bertz CT molecular complexity index is 462. The summed E-state index contributed by atoms with van der Waals surface area (Å²) in [5.41, 5.74) is 12.4. The van der Waals surface area contributed by atoms with E-state index >= 15 is 0 Å². The Balaban J connectivity index is 2.18. The maximum absolute atomic E-state index is 11.5. The van der Waals surface area contributed by atoms with E-state index in [1.54, 1.807) is 12.1 Å². The van der Waals surface area contributed by atoms with E-state index in [-0.39, 0.29) is 19.0 Å². The van der Waals surface area contributed by atoms with Crippen molar-refractivity contribution >= 4 is 17.6 Å². The molecule has 0 saturated heterocycles. The average Bonchev–Trinajstić information content (AvgIpc) is 2.42. The molecule has 1 aromatic rings. The molecule has 0 saturated carbocycles. The van der Waals surface area contributed by atoms with Crippen molar-refractivity contribution < 1.29 is 19.4 Å². The van der Waals surface area contributed by atoms with E-state index in [0.717, 1.165) is 5.56 Å². The first-order valence-electron chi connectivity index (χ1n) is 6.48. The summed E-state index contributed by atoms with van der Waals surface area (Å²) in [6, 6.07) is 6.32. The lowest BCUT2D eigenvalue weighted by molar-refractivity contribution is -0.145. The third-order valence-electron chi connectivity index (χ3n) is 2.91. The lowest BCUT2D eigenvalue weighted by atomic mass is 10.1. The third-order valence-corrected chi connectivity index (χ3v) is 2.91. The van der Waals surface area contributed by atoms with Crippen molar-refractivity contribution in [2.24, 2.45) is 5.73 Å². The summed E-state index contributed by atoms with van der Waals surface area (Å²) in [4.78, 5) is 22.0. The van der Waals surface area contributed by atoms with Crippen molar-refractivity contribution in [3.8, 4) is 0 Å². The maximum Gasteiger partial charge on any atom is 0.320 e. The molecular formula is C14H20N2O4. The highest BCUT2D eigenvalue weighted by atomic mass is 16.5. The second-order valence-electron chi connectivity index (χ2n) is 4.55. The maximum atomic E-state index is 11.5. The minimum absolute atomic E-state index is 0.153. The fourth-order valence-electron chi connectivity index (χ4n) is 1.65. The van der Waals surface area contributed by atoms with Crippen LogP contribution in [0.5, 0.6) is 0 Å². The quantitative estimate of drug-likeness (QED) is 0.375. The molecule has 0 fully saturated rings. The highest BCUT2D eigenvalue weighted by molar-refractivity contribution is 5.73. The van der Waals surface area contributed by atoms with Crippen LogP contribution in [0.3, 0.4) is 0 Å². The number of aliphatic carboxylic acids is 1. The standard InChI is InChI=1S/C14H20N2O4/c15-11-6-2-1-5-10(11)9-20-13(17)8-4-3-7-12(16)14(18)19/h1-2,5-6,12H,3-4,7-9,15-16H2,(H,18,19)/t12-/m0/s1. The fraction of sp³-hybridized carbons (Fsp3) is 0.429. The number of para-hydroxylation sites is 1. The first-order chi connectivity index (χ1) is 9.50. The number of unbranched alkanes of at least 4 members (excludes halogenated alkanes) is 1. The van der Waals surface area contributed by atoms with Gasteiger partial charge in [0, 0.05) is 17.7 Å². The monoisotopic (exact) mass is 280 g/mol. The van der Waals surface area contributed by atoms with Crippen molar-refractivity contribution in [2.75, 3.05) is 5.73 Å². The summed E-state index contributed by atoms with van der Waals surface area (Å²) in [7, 11) is 0. The first kappa shape index (κ1) is 16.0. The molecule has 0 bridgehead atoms. The van der Waals surface area contributed by atoms with Crippen molar-refractivity contribution in [3.63, 3.8) is 0 Å². The van der Waals surface area contributed by atoms with E-state index in [1.807, 2.05) is 12.1 Å². The molecule has 20 heavy (non-hydrogen) atoms. The van der Waals surface area contributed by atoms with Gasteiger partial charge in [-0.05, 0) is 18.9 Å². The normalized spacial score (nSPS) is 11.8. The summed E-state index contributed by atoms with van der Waals surface area (Å²) in [5.74, 6) is -1.34. The molecule has 0 aliphatic carbocycles. The second-order valence-corrected chi connectivity index (χ2v) is 4.55. The van der Waals surface area contributed by atoms with E-state index < -0.39 is 12.0 Å². The van der Waals surface area contributed by atoms with Crippen molar-refractivity contribution in [2.45, 2.75) is 38.3 Å². The number of hydrogen-bond acceptors (Lipinski definition) is 5. The number of benzene rings is 1. The summed E-state index contributed by atoms with van der Waals surface area (Å²) in [5, 5.41) is 8.60. The number of esters is 1. The second kappa shape index (κ2) is 8.16. The Morgan fingerprint density at radius 2 is 1.95 bits per heavy atom. The van der Waals surface area contributed by atoms with Crippen LogP contribution in [0.1, 0.15) is 31.2 Å². The van der Waals surface area contributed by atoms with Crippen LogP contribution in [0.25, 0.3) is 0 Å². The van der Waals surface area contributed by atoms with Crippen LogP contribution in [-0.2, 0) is 20.9 Å².